The summed E-state index contributed by atoms with van der Waals surface area (Å²) in [6, 6.07) is 0.320. The predicted molar refractivity (Wildman–Crippen MR) is 67.9 cm³/mol. The van der Waals surface area contributed by atoms with Gasteiger partial charge in [0.1, 0.15) is 21.3 Å². The Kier molecular flexibility index (Phi) is 3.37. The van der Waals surface area contributed by atoms with E-state index in [-0.39, 0.29) is 6.08 Å². The highest BCUT2D eigenvalue weighted by Gasteiger charge is 2.39. The van der Waals surface area contributed by atoms with Crippen LogP contribution in [-0.2, 0) is 20.2 Å². The summed E-state index contributed by atoms with van der Waals surface area (Å²) in [5, 5.41) is 19.3. The summed E-state index contributed by atoms with van der Waals surface area (Å²) in [5.41, 5.74) is -2.02. The van der Waals surface area contributed by atoms with Gasteiger partial charge in [-0.2, -0.15) is 16.8 Å². The highest BCUT2D eigenvalue weighted by molar-refractivity contribution is 7.91. The maximum absolute atomic E-state index is 12.0. The van der Waals surface area contributed by atoms with Crippen LogP contribution >= 0.6 is 0 Å². The van der Waals surface area contributed by atoms with Gasteiger partial charge in [-0.05, 0) is 0 Å². The normalized spacial score (nSPS) is 15.5. The summed E-state index contributed by atoms with van der Waals surface area (Å²) in [6.45, 7) is 0. The molecule has 0 radical (unpaired) electrons. The van der Waals surface area contributed by atoms with E-state index in [1.807, 2.05) is 0 Å². The van der Waals surface area contributed by atoms with Crippen molar-refractivity contribution in [3.05, 3.63) is 28.2 Å². The lowest BCUT2D eigenvalue weighted by Crippen LogP contribution is -2.23. The van der Waals surface area contributed by atoms with Crippen LogP contribution in [0, 0.1) is 0 Å². The summed E-state index contributed by atoms with van der Waals surface area (Å²) in [4.78, 5) is 21.0. The van der Waals surface area contributed by atoms with E-state index in [9.17, 15) is 36.6 Å². The minimum absolute atomic E-state index is 0.215. The van der Waals surface area contributed by atoms with E-state index >= 15 is 0 Å². The maximum Gasteiger partial charge on any atom is 0.298 e. The number of hydrogen-bond acceptors (Lipinski definition) is 8. The van der Waals surface area contributed by atoms with Crippen molar-refractivity contribution >= 4 is 31.8 Å². The first-order valence-electron chi connectivity index (χ1n) is 5.20. The molecule has 10 nitrogen and oxygen atoms in total. The van der Waals surface area contributed by atoms with E-state index in [0.29, 0.717) is 6.07 Å². The number of ketones is 2. The fraction of sp³-hybridized carbons (Fsp3) is 0. The molecule has 0 unspecified atom stereocenters. The lowest BCUT2D eigenvalue weighted by Gasteiger charge is -2.17. The number of fused-ring (bicyclic) bond motifs is 1. The molecule has 0 amide bonds. The number of Topliss-reactive ketones (excluding diaryl/α,β-unsaturated/α-hetero) is 1. The Morgan fingerprint density at radius 3 is 1.86 bits per heavy atom. The molecule has 0 spiro atoms. The molecule has 0 bridgehead atoms. The topological polar surface area (TPSA) is 183 Å². The van der Waals surface area contributed by atoms with Gasteiger partial charge in [-0.25, -0.2) is 0 Å². The zero-order valence-corrected chi connectivity index (χ0v) is 11.8. The molecule has 0 heterocycles. The zero-order valence-electron chi connectivity index (χ0n) is 10.2. The van der Waals surface area contributed by atoms with Gasteiger partial charge in [0.05, 0.1) is 11.1 Å². The third-order valence-electron chi connectivity index (χ3n) is 2.76. The van der Waals surface area contributed by atoms with Crippen molar-refractivity contribution in [2.45, 2.75) is 4.90 Å². The van der Waals surface area contributed by atoms with Gasteiger partial charge in [0.2, 0.25) is 5.78 Å². The van der Waals surface area contributed by atoms with Gasteiger partial charge in [-0.3, -0.25) is 18.7 Å². The van der Waals surface area contributed by atoms with Crippen LogP contribution in [0.25, 0.3) is 0 Å². The SMILES string of the molecule is O=C1C=C(S(=O)(=O)O)C(=O)c2c(O)c(S(=O)(=O)O)cc(O)c21. The van der Waals surface area contributed by atoms with Crippen molar-refractivity contribution in [2.24, 2.45) is 0 Å². The van der Waals surface area contributed by atoms with Crippen LogP contribution < -0.4 is 0 Å². The third-order valence-corrected chi connectivity index (χ3v) is 4.49. The fourth-order valence-electron chi connectivity index (χ4n) is 1.87. The standard InChI is InChI=1S/C10H6O10S2/c11-3-1-5(21(15,16)17)9(13)8-7(3)4(12)2-6(10(8)14)22(18,19)20/h1-2,11,13H,(H,15,16,17)(H,18,19,20). The Hall–Kier alpha value is -2.28. The monoisotopic (exact) mass is 350 g/mol. The Bertz CT molecular complexity index is 965. The molecule has 2 rings (SSSR count). The number of carbonyl (C=O) groups excluding carboxylic acids is 2. The summed E-state index contributed by atoms with van der Waals surface area (Å²) < 4.78 is 62.0. The third kappa shape index (κ3) is 2.37. The van der Waals surface area contributed by atoms with Crippen molar-refractivity contribution < 1.29 is 45.7 Å². The lowest BCUT2D eigenvalue weighted by atomic mass is 9.93. The van der Waals surface area contributed by atoms with E-state index < -0.39 is 64.2 Å². The summed E-state index contributed by atoms with van der Waals surface area (Å²) in [7, 11) is -10.2. The number of rotatable bonds is 2. The second-order valence-electron chi connectivity index (χ2n) is 4.14. The molecule has 1 aliphatic carbocycles. The number of phenols is 2. The van der Waals surface area contributed by atoms with Crippen molar-refractivity contribution in [1.29, 1.82) is 0 Å². The van der Waals surface area contributed by atoms with Crippen LogP contribution in [0.4, 0.5) is 0 Å². The molecule has 12 heteroatoms. The molecule has 4 N–H and O–H groups in total. The molecule has 0 aliphatic heterocycles. The van der Waals surface area contributed by atoms with Gasteiger partial charge < -0.3 is 10.2 Å². The average molecular weight is 350 g/mol. The van der Waals surface area contributed by atoms with E-state index in [1.54, 1.807) is 0 Å². The first-order chi connectivity index (χ1) is 9.85. The number of aromatic hydroxyl groups is 2. The molecule has 1 aromatic carbocycles. The minimum Gasteiger partial charge on any atom is -0.507 e. The van der Waals surface area contributed by atoms with Crippen molar-refractivity contribution in [3.8, 4) is 11.5 Å². The lowest BCUT2D eigenvalue weighted by molar-refractivity contribution is 0.0984. The molecule has 1 aromatic rings. The zero-order chi connectivity index (χ0) is 17.0. The van der Waals surface area contributed by atoms with Crippen LogP contribution in [0.5, 0.6) is 11.5 Å². The van der Waals surface area contributed by atoms with Crippen molar-refractivity contribution in [3.63, 3.8) is 0 Å². The van der Waals surface area contributed by atoms with E-state index in [4.69, 9.17) is 9.11 Å². The van der Waals surface area contributed by atoms with Gasteiger partial charge in [-0.1, -0.05) is 0 Å². The molecule has 0 saturated carbocycles. The van der Waals surface area contributed by atoms with Crippen LogP contribution in [0.1, 0.15) is 20.7 Å². The quantitative estimate of drug-likeness (QED) is 0.400. The number of benzene rings is 1. The van der Waals surface area contributed by atoms with E-state index in [1.165, 1.54) is 0 Å². The molecule has 22 heavy (non-hydrogen) atoms. The summed E-state index contributed by atoms with van der Waals surface area (Å²) in [5.74, 6) is -5.39. The van der Waals surface area contributed by atoms with Crippen molar-refractivity contribution in [2.75, 3.05) is 0 Å². The minimum atomic E-state index is -5.14. The largest absolute Gasteiger partial charge is 0.507 e. The van der Waals surface area contributed by atoms with Crippen LogP contribution in [0.2, 0.25) is 0 Å². The average Bonchev–Trinajstić information content (AvgIpc) is 2.33. The second-order valence-corrected chi connectivity index (χ2v) is 6.92. The Morgan fingerprint density at radius 1 is 0.864 bits per heavy atom. The van der Waals surface area contributed by atoms with E-state index in [2.05, 4.69) is 0 Å². The Balaban J connectivity index is 2.94. The molecule has 1 aliphatic rings. The van der Waals surface area contributed by atoms with Crippen LogP contribution in [-0.4, -0.2) is 47.7 Å². The van der Waals surface area contributed by atoms with E-state index in [0.717, 1.165) is 0 Å². The molecule has 0 saturated heterocycles. The second kappa shape index (κ2) is 4.61. The predicted octanol–water partition coefficient (Wildman–Crippen LogP) is -0.505. The highest BCUT2D eigenvalue weighted by atomic mass is 32.2. The number of allylic oxidation sites excluding steroid dienone is 2. The Morgan fingerprint density at radius 2 is 1.41 bits per heavy atom. The van der Waals surface area contributed by atoms with Gasteiger partial charge in [0.15, 0.2) is 5.78 Å². The first-order valence-corrected chi connectivity index (χ1v) is 8.08. The maximum atomic E-state index is 12.0. The van der Waals surface area contributed by atoms with Gasteiger partial charge >= 0.3 is 0 Å². The molecule has 0 aromatic heterocycles. The van der Waals surface area contributed by atoms with Crippen LogP contribution in [0.3, 0.4) is 0 Å². The van der Waals surface area contributed by atoms with Gasteiger partial charge in [-0.15, -0.1) is 0 Å². The summed E-state index contributed by atoms with van der Waals surface area (Å²) in [6.07, 6.45) is 0.215. The van der Waals surface area contributed by atoms with Crippen LogP contribution in [0.15, 0.2) is 21.9 Å². The summed E-state index contributed by atoms with van der Waals surface area (Å²) >= 11 is 0. The molecular formula is C10H6O10S2. The van der Waals surface area contributed by atoms with Gasteiger partial charge in [0, 0.05) is 12.1 Å². The number of carbonyl (C=O) groups is 2. The molecular weight excluding hydrogens is 344 g/mol. The first kappa shape index (κ1) is 16.1. The molecule has 0 fully saturated rings. The molecule has 118 valence electrons. The van der Waals surface area contributed by atoms with Gasteiger partial charge in [0.25, 0.3) is 20.2 Å². The number of hydrogen-bond donors (Lipinski definition) is 4. The van der Waals surface area contributed by atoms with Crippen molar-refractivity contribution in [1.82, 2.24) is 0 Å². The highest BCUT2D eigenvalue weighted by Crippen LogP contribution is 2.40. The number of phenolic OH excluding ortho intramolecular Hbond substituents is 2. The Labute approximate surface area is 122 Å². The fourth-order valence-corrected chi connectivity index (χ4v) is 3.07. The smallest absolute Gasteiger partial charge is 0.298 e. The molecule has 0 atom stereocenters.